The van der Waals surface area contributed by atoms with Crippen molar-refractivity contribution in [1.82, 2.24) is 14.5 Å². The molecule has 0 aliphatic heterocycles. The van der Waals surface area contributed by atoms with Gasteiger partial charge in [-0.2, -0.15) is 0 Å². The molecule has 5 nitrogen and oxygen atoms in total. The van der Waals surface area contributed by atoms with Gasteiger partial charge in [-0.3, -0.25) is 4.99 Å². The van der Waals surface area contributed by atoms with E-state index in [1.54, 1.807) is 19.2 Å². The van der Waals surface area contributed by atoms with Gasteiger partial charge in [0.05, 0.1) is 29.9 Å². The highest BCUT2D eigenvalue weighted by Gasteiger charge is 2.19. The summed E-state index contributed by atoms with van der Waals surface area (Å²) < 4.78 is 42.5. The zero-order valence-electron chi connectivity index (χ0n) is 16.2. The molecule has 0 radical (unpaired) electrons. The molecule has 0 spiro atoms. The molecule has 1 atom stereocenters. The standard InChI is InChI=1S/C21H20F3N5/c1-12(15-7-4-8-16(19(15)22)20(23)24)27-21-17-10-14(6-5-9-25)26-11-18(17)29(3)13(2)28-21/h4,7-8,10-12,20H,9,25H2,1-3H3/t12-/m1/s1. The van der Waals surface area contributed by atoms with Crippen molar-refractivity contribution in [2.24, 2.45) is 17.8 Å². The van der Waals surface area contributed by atoms with Crippen molar-refractivity contribution in [2.45, 2.75) is 26.3 Å². The van der Waals surface area contributed by atoms with Gasteiger partial charge in [0.1, 0.15) is 17.3 Å². The van der Waals surface area contributed by atoms with Gasteiger partial charge in [0.25, 0.3) is 6.43 Å². The largest absolute Gasteiger partial charge is 0.331 e. The number of alkyl halides is 2. The Morgan fingerprint density at radius 1 is 1.28 bits per heavy atom. The number of hydrogen-bond acceptors (Lipinski definition) is 4. The first-order chi connectivity index (χ1) is 13.8. The topological polar surface area (TPSA) is 69.1 Å². The van der Waals surface area contributed by atoms with E-state index in [0.717, 1.165) is 11.6 Å². The molecule has 0 fully saturated rings. The van der Waals surface area contributed by atoms with Crippen LogP contribution in [0, 0.1) is 24.6 Å². The maximum atomic E-state index is 14.5. The molecule has 0 aliphatic rings. The maximum absolute atomic E-state index is 14.5. The van der Waals surface area contributed by atoms with E-state index in [0.29, 0.717) is 22.4 Å². The Kier molecular flexibility index (Phi) is 5.99. The lowest BCUT2D eigenvalue weighted by atomic mass is 10.0. The number of fused-ring (bicyclic) bond motifs is 1. The third kappa shape index (κ3) is 4.15. The summed E-state index contributed by atoms with van der Waals surface area (Å²) >= 11 is 0. The van der Waals surface area contributed by atoms with E-state index in [1.807, 2.05) is 18.5 Å². The molecule has 8 heteroatoms. The molecule has 2 N–H and O–H groups in total. The molecule has 1 aromatic carbocycles. The van der Waals surface area contributed by atoms with Crippen LogP contribution in [0.1, 0.15) is 42.0 Å². The van der Waals surface area contributed by atoms with Crippen LogP contribution in [0.2, 0.25) is 0 Å². The van der Waals surface area contributed by atoms with Gasteiger partial charge in [-0.1, -0.05) is 24.1 Å². The van der Waals surface area contributed by atoms with Crippen molar-refractivity contribution >= 4 is 10.9 Å². The minimum absolute atomic E-state index is 0.0841. The number of aromatic nitrogens is 3. The summed E-state index contributed by atoms with van der Waals surface area (Å²) in [5, 5.41) is 0.673. The number of pyridine rings is 1. The normalized spacial score (nSPS) is 12.9. The fourth-order valence-electron chi connectivity index (χ4n) is 2.98. The van der Waals surface area contributed by atoms with E-state index in [9.17, 15) is 13.2 Å². The van der Waals surface area contributed by atoms with Crippen molar-refractivity contribution in [2.75, 3.05) is 6.54 Å². The van der Waals surface area contributed by atoms with Crippen molar-refractivity contribution < 1.29 is 13.2 Å². The Labute approximate surface area is 166 Å². The predicted molar refractivity (Wildman–Crippen MR) is 105 cm³/mol. The lowest BCUT2D eigenvalue weighted by Crippen LogP contribution is -2.18. The third-order valence-electron chi connectivity index (χ3n) is 4.62. The molecule has 0 aliphatic carbocycles. The average molecular weight is 399 g/mol. The van der Waals surface area contributed by atoms with Crippen LogP contribution in [0.5, 0.6) is 0 Å². The number of hydrogen-bond donors (Lipinski definition) is 1. The monoisotopic (exact) mass is 399 g/mol. The smallest absolute Gasteiger partial charge is 0.266 e. The highest BCUT2D eigenvalue weighted by Crippen LogP contribution is 2.28. The average Bonchev–Trinajstić information content (AvgIpc) is 2.70. The Bertz CT molecular complexity index is 1190. The highest BCUT2D eigenvalue weighted by molar-refractivity contribution is 5.78. The van der Waals surface area contributed by atoms with Crippen molar-refractivity contribution in [3.8, 4) is 11.8 Å². The summed E-state index contributed by atoms with van der Waals surface area (Å²) in [5.74, 6) is 5.33. The summed E-state index contributed by atoms with van der Waals surface area (Å²) in [6.45, 7) is 3.65. The number of benzene rings is 1. The summed E-state index contributed by atoms with van der Waals surface area (Å²) in [6.07, 6.45) is -1.24. The van der Waals surface area contributed by atoms with Crippen LogP contribution in [0.4, 0.5) is 13.2 Å². The van der Waals surface area contributed by atoms with Gasteiger partial charge in [0, 0.05) is 18.0 Å². The first-order valence-electron chi connectivity index (χ1n) is 8.96. The second-order valence-corrected chi connectivity index (χ2v) is 6.49. The van der Waals surface area contributed by atoms with Crippen LogP contribution in [-0.2, 0) is 7.05 Å². The first kappa shape index (κ1) is 20.6. The highest BCUT2D eigenvalue weighted by atomic mass is 19.3. The molecule has 0 bridgehead atoms. The summed E-state index contributed by atoms with van der Waals surface area (Å²) in [5.41, 5.74) is 6.50. The number of aryl methyl sites for hydroxylation is 2. The molecule has 0 unspecified atom stereocenters. The van der Waals surface area contributed by atoms with Gasteiger partial charge in [-0.25, -0.2) is 23.1 Å². The molecular weight excluding hydrogens is 379 g/mol. The van der Waals surface area contributed by atoms with E-state index in [1.165, 1.54) is 12.1 Å². The fourth-order valence-corrected chi connectivity index (χ4v) is 2.98. The fraction of sp³-hybridized carbons (Fsp3) is 0.286. The molecule has 3 aromatic rings. The molecule has 2 heterocycles. The van der Waals surface area contributed by atoms with Crippen LogP contribution < -0.4 is 11.2 Å². The van der Waals surface area contributed by atoms with E-state index in [2.05, 4.69) is 26.8 Å². The molecule has 0 saturated heterocycles. The number of rotatable bonds is 3. The van der Waals surface area contributed by atoms with Gasteiger partial charge in [0.15, 0.2) is 5.49 Å². The molecule has 29 heavy (non-hydrogen) atoms. The van der Waals surface area contributed by atoms with E-state index < -0.39 is 23.8 Å². The van der Waals surface area contributed by atoms with Crippen LogP contribution in [0.25, 0.3) is 10.9 Å². The Hall–Kier alpha value is -3.18. The lowest BCUT2D eigenvalue weighted by molar-refractivity contribution is 0.146. The van der Waals surface area contributed by atoms with Crippen molar-refractivity contribution in [1.29, 1.82) is 0 Å². The summed E-state index contributed by atoms with van der Waals surface area (Å²) in [4.78, 5) is 13.3. The van der Waals surface area contributed by atoms with Crippen LogP contribution in [-0.4, -0.2) is 21.1 Å². The third-order valence-corrected chi connectivity index (χ3v) is 4.62. The Morgan fingerprint density at radius 3 is 2.69 bits per heavy atom. The van der Waals surface area contributed by atoms with E-state index in [4.69, 9.17) is 5.73 Å². The Morgan fingerprint density at radius 2 is 2.00 bits per heavy atom. The second kappa shape index (κ2) is 8.45. The van der Waals surface area contributed by atoms with Gasteiger partial charge in [-0.05, 0) is 25.8 Å². The zero-order valence-corrected chi connectivity index (χ0v) is 16.2. The minimum atomic E-state index is -2.89. The maximum Gasteiger partial charge on any atom is 0.266 e. The first-order valence-corrected chi connectivity index (χ1v) is 8.96. The zero-order chi connectivity index (χ0) is 21.1. The van der Waals surface area contributed by atoms with Crippen molar-refractivity contribution in [3.63, 3.8) is 0 Å². The number of halogens is 3. The van der Waals surface area contributed by atoms with Crippen molar-refractivity contribution in [3.05, 3.63) is 64.4 Å². The Balaban J connectivity index is 2.21. The SMILES string of the molecule is Cc1nc(=N[C@H](C)c2cccc(C(F)F)c2F)c2cc(C#CCN)ncc2n1C. The molecule has 150 valence electrons. The van der Waals surface area contributed by atoms with Gasteiger partial charge >= 0.3 is 0 Å². The number of nitrogens with two attached hydrogens (primary N) is 1. The number of nitrogens with zero attached hydrogens (tertiary/aromatic N) is 4. The van der Waals surface area contributed by atoms with E-state index in [-0.39, 0.29) is 12.1 Å². The quantitative estimate of drug-likeness (QED) is 0.687. The second-order valence-electron chi connectivity index (χ2n) is 6.49. The van der Waals surface area contributed by atoms with Gasteiger partial charge in [-0.15, -0.1) is 0 Å². The lowest BCUT2D eigenvalue weighted by Gasteiger charge is -2.13. The van der Waals surface area contributed by atoms with E-state index >= 15 is 0 Å². The molecule has 0 amide bonds. The molecule has 3 rings (SSSR count). The van der Waals surface area contributed by atoms with Crippen LogP contribution in [0.3, 0.4) is 0 Å². The van der Waals surface area contributed by atoms with Crippen LogP contribution in [0.15, 0.2) is 35.5 Å². The summed E-state index contributed by atoms with van der Waals surface area (Å²) in [7, 11) is 1.84. The van der Waals surface area contributed by atoms with Gasteiger partial charge in [0.2, 0.25) is 0 Å². The molecule has 0 saturated carbocycles. The summed E-state index contributed by atoms with van der Waals surface area (Å²) in [6, 6.07) is 4.95. The predicted octanol–water partition coefficient (Wildman–Crippen LogP) is 3.33. The van der Waals surface area contributed by atoms with Crippen LogP contribution >= 0.6 is 0 Å². The molecular formula is C21H20F3N5. The minimum Gasteiger partial charge on any atom is -0.331 e. The molecule has 2 aromatic heterocycles. The van der Waals surface area contributed by atoms with Gasteiger partial charge < -0.3 is 10.3 Å².